The van der Waals surface area contributed by atoms with Crippen LogP contribution in [0.4, 0.5) is 11.5 Å². The number of hydrogen-bond acceptors (Lipinski definition) is 6. The SMILES string of the molecule is O=C(Nc1ccc(Cl)cn1)c1oc2ccccc2c1NC(=O)[C@H]1CC[C@H](C(=O)N2CCC[C@H]2CO)CC1. The van der Waals surface area contributed by atoms with Crippen molar-refractivity contribution in [3.63, 3.8) is 0 Å². The van der Waals surface area contributed by atoms with Crippen molar-refractivity contribution in [2.75, 3.05) is 23.8 Å². The third-order valence-corrected chi connectivity index (χ3v) is 7.56. The lowest BCUT2D eigenvalue weighted by molar-refractivity contribution is -0.139. The van der Waals surface area contributed by atoms with E-state index >= 15 is 0 Å². The number of pyridine rings is 1. The molecule has 3 heterocycles. The number of furan rings is 1. The van der Waals surface area contributed by atoms with Crippen molar-refractivity contribution < 1.29 is 23.9 Å². The molecule has 194 valence electrons. The number of aromatic nitrogens is 1. The van der Waals surface area contributed by atoms with Crippen LogP contribution in [0.25, 0.3) is 11.0 Å². The maximum absolute atomic E-state index is 13.3. The van der Waals surface area contributed by atoms with Crippen LogP contribution >= 0.6 is 11.6 Å². The van der Waals surface area contributed by atoms with Crippen LogP contribution in [0.2, 0.25) is 5.02 Å². The molecule has 2 aliphatic rings. The largest absolute Gasteiger partial charge is 0.449 e. The number of hydrogen-bond donors (Lipinski definition) is 3. The molecule has 2 fully saturated rings. The van der Waals surface area contributed by atoms with E-state index < -0.39 is 5.91 Å². The molecule has 0 radical (unpaired) electrons. The number of rotatable bonds is 6. The molecule has 1 aliphatic carbocycles. The van der Waals surface area contributed by atoms with Gasteiger partial charge in [0.2, 0.25) is 17.6 Å². The van der Waals surface area contributed by atoms with Crippen molar-refractivity contribution in [3.05, 3.63) is 53.4 Å². The second kappa shape index (κ2) is 10.9. The fourth-order valence-electron chi connectivity index (χ4n) is 5.33. The van der Waals surface area contributed by atoms with Crippen LogP contribution in [0, 0.1) is 11.8 Å². The van der Waals surface area contributed by atoms with Gasteiger partial charge >= 0.3 is 0 Å². The maximum Gasteiger partial charge on any atom is 0.294 e. The Balaban J connectivity index is 1.27. The molecular formula is C27H29ClN4O5. The number of aliphatic hydroxyl groups is 1. The zero-order valence-electron chi connectivity index (χ0n) is 20.3. The first kappa shape index (κ1) is 25.2. The minimum absolute atomic E-state index is 0.00780. The Morgan fingerprint density at radius 3 is 2.51 bits per heavy atom. The van der Waals surface area contributed by atoms with Gasteiger partial charge < -0.3 is 25.1 Å². The predicted octanol–water partition coefficient (Wildman–Crippen LogP) is 4.46. The normalized spacial score (nSPS) is 21.7. The molecule has 1 saturated carbocycles. The highest BCUT2D eigenvalue weighted by molar-refractivity contribution is 6.30. The van der Waals surface area contributed by atoms with Crippen LogP contribution in [-0.2, 0) is 9.59 Å². The molecule has 3 N–H and O–H groups in total. The maximum atomic E-state index is 13.3. The Morgan fingerprint density at radius 1 is 1.03 bits per heavy atom. The number of anilines is 2. The van der Waals surface area contributed by atoms with Gasteiger partial charge in [-0.25, -0.2) is 4.98 Å². The summed E-state index contributed by atoms with van der Waals surface area (Å²) in [5.74, 6) is -0.773. The van der Waals surface area contributed by atoms with Crippen LogP contribution in [0.5, 0.6) is 0 Å². The Morgan fingerprint density at radius 2 is 1.78 bits per heavy atom. The van der Waals surface area contributed by atoms with Gasteiger partial charge in [0, 0.05) is 30.0 Å². The number of carbonyl (C=O) groups excluding carboxylic acids is 3. The summed E-state index contributed by atoms with van der Waals surface area (Å²) in [4.78, 5) is 45.2. The van der Waals surface area contributed by atoms with Crippen molar-refractivity contribution in [2.45, 2.75) is 44.6 Å². The molecule has 1 aliphatic heterocycles. The van der Waals surface area contributed by atoms with E-state index in [4.69, 9.17) is 16.0 Å². The smallest absolute Gasteiger partial charge is 0.294 e. The van der Waals surface area contributed by atoms with Crippen LogP contribution in [0.3, 0.4) is 0 Å². The van der Waals surface area contributed by atoms with Gasteiger partial charge in [0.25, 0.3) is 5.91 Å². The molecule has 3 amide bonds. The molecule has 3 aromatic rings. The Kier molecular flexibility index (Phi) is 7.43. The van der Waals surface area contributed by atoms with E-state index in [-0.39, 0.29) is 42.1 Å². The monoisotopic (exact) mass is 524 g/mol. The van der Waals surface area contributed by atoms with Gasteiger partial charge in [0.05, 0.1) is 17.7 Å². The molecule has 0 bridgehead atoms. The summed E-state index contributed by atoms with van der Waals surface area (Å²) in [7, 11) is 0. The zero-order valence-corrected chi connectivity index (χ0v) is 21.0. The number of para-hydroxylation sites is 1. The van der Waals surface area contributed by atoms with Crippen LogP contribution < -0.4 is 10.6 Å². The first-order valence-electron chi connectivity index (χ1n) is 12.6. The van der Waals surface area contributed by atoms with E-state index in [0.29, 0.717) is 59.7 Å². The van der Waals surface area contributed by atoms with Gasteiger partial charge in [-0.05, 0) is 62.8 Å². The highest BCUT2D eigenvalue weighted by Gasteiger charge is 2.36. The predicted molar refractivity (Wildman–Crippen MR) is 139 cm³/mol. The van der Waals surface area contributed by atoms with Crippen molar-refractivity contribution in [1.29, 1.82) is 0 Å². The second-order valence-electron chi connectivity index (χ2n) is 9.67. The third kappa shape index (κ3) is 5.33. The number of amides is 3. The first-order chi connectivity index (χ1) is 17.9. The number of fused-ring (bicyclic) bond motifs is 1. The Hall–Kier alpha value is -3.43. The molecule has 10 heteroatoms. The van der Waals surface area contributed by atoms with E-state index in [1.807, 2.05) is 11.0 Å². The lowest BCUT2D eigenvalue weighted by Crippen LogP contribution is -2.42. The molecular weight excluding hydrogens is 496 g/mol. The third-order valence-electron chi connectivity index (χ3n) is 7.34. The summed E-state index contributed by atoms with van der Waals surface area (Å²) in [6.07, 6.45) is 5.56. The molecule has 1 atom stereocenters. The Bertz CT molecular complexity index is 1300. The van der Waals surface area contributed by atoms with Gasteiger partial charge in [-0.1, -0.05) is 23.7 Å². The van der Waals surface area contributed by atoms with Gasteiger partial charge in [-0.2, -0.15) is 0 Å². The zero-order chi connectivity index (χ0) is 25.9. The first-order valence-corrected chi connectivity index (χ1v) is 13.0. The number of nitrogens with zero attached hydrogens (tertiary/aromatic N) is 2. The van der Waals surface area contributed by atoms with E-state index in [0.717, 1.165) is 12.8 Å². The van der Waals surface area contributed by atoms with Gasteiger partial charge in [0.1, 0.15) is 17.1 Å². The van der Waals surface area contributed by atoms with E-state index in [1.165, 1.54) is 6.20 Å². The summed E-state index contributed by atoms with van der Waals surface area (Å²) in [5.41, 5.74) is 0.790. The van der Waals surface area contributed by atoms with Crippen molar-refractivity contribution in [2.24, 2.45) is 11.8 Å². The fourth-order valence-corrected chi connectivity index (χ4v) is 5.44. The van der Waals surface area contributed by atoms with Crippen molar-refractivity contribution in [1.82, 2.24) is 9.88 Å². The fraction of sp³-hybridized carbons (Fsp3) is 0.407. The highest BCUT2D eigenvalue weighted by atomic mass is 35.5. The number of carbonyl (C=O) groups is 3. The lowest BCUT2D eigenvalue weighted by atomic mass is 9.80. The van der Waals surface area contributed by atoms with Crippen molar-refractivity contribution >= 4 is 51.8 Å². The molecule has 2 aromatic heterocycles. The quantitative estimate of drug-likeness (QED) is 0.437. The molecule has 9 nitrogen and oxygen atoms in total. The summed E-state index contributed by atoms with van der Waals surface area (Å²) in [6.45, 7) is 0.681. The van der Waals surface area contributed by atoms with Crippen LogP contribution in [-0.4, -0.2) is 51.9 Å². The highest BCUT2D eigenvalue weighted by Crippen LogP contribution is 2.35. The van der Waals surface area contributed by atoms with E-state index in [1.54, 1.807) is 30.3 Å². The van der Waals surface area contributed by atoms with Gasteiger partial charge in [-0.15, -0.1) is 0 Å². The summed E-state index contributed by atoms with van der Waals surface area (Å²) in [6, 6.07) is 10.2. The number of aliphatic hydroxyl groups excluding tert-OH is 1. The van der Waals surface area contributed by atoms with Gasteiger partial charge in [-0.3, -0.25) is 14.4 Å². The summed E-state index contributed by atoms with van der Waals surface area (Å²) < 4.78 is 5.82. The number of nitrogens with one attached hydrogen (secondary N) is 2. The van der Waals surface area contributed by atoms with Gasteiger partial charge in [0.15, 0.2) is 0 Å². The van der Waals surface area contributed by atoms with Crippen molar-refractivity contribution in [3.8, 4) is 0 Å². The molecule has 1 aromatic carbocycles. The number of benzene rings is 1. The van der Waals surface area contributed by atoms with E-state index in [9.17, 15) is 19.5 Å². The summed E-state index contributed by atoms with van der Waals surface area (Å²) in [5, 5.41) is 16.2. The minimum Gasteiger partial charge on any atom is -0.449 e. The minimum atomic E-state index is -0.542. The molecule has 0 spiro atoms. The Labute approximate surface area is 219 Å². The molecule has 5 rings (SSSR count). The number of likely N-dealkylation sites (tertiary alicyclic amines) is 1. The lowest BCUT2D eigenvalue weighted by Gasteiger charge is -2.32. The molecule has 0 unspecified atom stereocenters. The number of halogens is 1. The van der Waals surface area contributed by atoms with E-state index in [2.05, 4.69) is 15.6 Å². The average molecular weight is 525 g/mol. The standard InChI is InChI=1S/C27H29ClN4O5/c28-18-11-12-22(29-14-18)30-26(35)24-23(20-5-1-2-6-21(20)37-24)31-25(34)16-7-9-17(10-8-16)27(36)32-13-3-4-19(32)15-33/h1-2,5-6,11-12,14,16-17,19,33H,3-4,7-10,13,15H2,(H,31,34)(H,29,30,35)/t16-,17-,19-/m0/s1. The second-order valence-corrected chi connectivity index (χ2v) is 10.1. The van der Waals surface area contributed by atoms with Crippen LogP contribution in [0.1, 0.15) is 49.1 Å². The molecule has 37 heavy (non-hydrogen) atoms. The summed E-state index contributed by atoms with van der Waals surface area (Å²) >= 11 is 5.87. The topological polar surface area (TPSA) is 125 Å². The van der Waals surface area contributed by atoms with Crippen LogP contribution in [0.15, 0.2) is 47.0 Å². The molecule has 1 saturated heterocycles. The average Bonchev–Trinajstić information content (AvgIpc) is 3.55.